The van der Waals surface area contributed by atoms with Gasteiger partial charge in [-0.1, -0.05) is 17.7 Å². The molecule has 3 aromatic rings. The summed E-state index contributed by atoms with van der Waals surface area (Å²) in [4.78, 5) is 16.3. The Balaban J connectivity index is 1.67. The van der Waals surface area contributed by atoms with Gasteiger partial charge in [-0.2, -0.15) is 0 Å². The molecule has 0 fully saturated rings. The minimum atomic E-state index is -0.444. The molecule has 1 N–H and O–H groups in total. The molecule has 1 amide bonds. The van der Waals surface area contributed by atoms with Crippen LogP contribution in [-0.2, 0) is 4.79 Å². The van der Waals surface area contributed by atoms with Crippen LogP contribution in [0, 0.1) is 33.5 Å². The number of aryl methyl sites for hydroxylation is 4. The van der Waals surface area contributed by atoms with Crippen molar-refractivity contribution in [2.24, 2.45) is 0 Å². The van der Waals surface area contributed by atoms with Gasteiger partial charge in [0.2, 0.25) is 0 Å². The first-order chi connectivity index (χ1) is 12.8. The number of carbonyl (C=O) groups excluding carboxylic acids is 1. The third kappa shape index (κ3) is 4.16. The van der Waals surface area contributed by atoms with E-state index in [1.165, 1.54) is 6.07 Å². The highest BCUT2D eigenvalue weighted by Crippen LogP contribution is 2.24. The molecule has 3 rings (SSSR count). The Bertz CT molecular complexity index is 972. The molecule has 0 bridgehead atoms. The number of hydrogen-bond acceptors (Lipinski definition) is 3. The van der Waals surface area contributed by atoms with Crippen molar-refractivity contribution in [2.75, 3.05) is 11.9 Å². The summed E-state index contributed by atoms with van der Waals surface area (Å²) in [5, 5.41) is 2.66. The van der Waals surface area contributed by atoms with E-state index in [4.69, 9.17) is 4.74 Å². The van der Waals surface area contributed by atoms with Crippen LogP contribution in [0.25, 0.3) is 5.69 Å². The average Bonchev–Trinajstić information content (AvgIpc) is 3.00. The number of carbonyl (C=O) groups is 1. The van der Waals surface area contributed by atoms with Crippen molar-refractivity contribution in [3.63, 3.8) is 0 Å². The first-order valence-electron chi connectivity index (χ1n) is 8.65. The zero-order chi connectivity index (χ0) is 19.6. The molecule has 27 heavy (non-hydrogen) atoms. The highest BCUT2D eigenvalue weighted by Gasteiger charge is 2.11. The maximum absolute atomic E-state index is 14.4. The summed E-state index contributed by atoms with van der Waals surface area (Å²) >= 11 is 0. The quantitative estimate of drug-likeness (QED) is 0.733. The Morgan fingerprint density at radius 1 is 1.15 bits per heavy atom. The molecule has 5 nitrogen and oxygen atoms in total. The summed E-state index contributed by atoms with van der Waals surface area (Å²) < 4.78 is 21.7. The smallest absolute Gasteiger partial charge is 0.262 e. The standard InChI is InChI=1S/C21H22FN3O2/c1-13-9-14(2)21(15(3)10-13)27-12-20(26)24-17-5-6-19(18(22)11-17)25-8-7-23-16(25)4/h5-11H,12H2,1-4H3,(H,24,26). The number of nitrogens with one attached hydrogen (secondary N) is 1. The Kier molecular flexibility index (Phi) is 5.26. The van der Waals surface area contributed by atoms with Gasteiger partial charge in [0.1, 0.15) is 17.4 Å². The number of benzene rings is 2. The van der Waals surface area contributed by atoms with Crippen molar-refractivity contribution in [3.05, 3.63) is 71.1 Å². The van der Waals surface area contributed by atoms with Gasteiger partial charge in [-0.3, -0.25) is 4.79 Å². The molecule has 0 aliphatic heterocycles. The summed E-state index contributed by atoms with van der Waals surface area (Å²) in [5.74, 6) is 0.594. The molecular weight excluding hydrogens is 345 g/mol. The van der Waals surface area contributed by atoms with Crippen molar-refractivity contribution in [3.8, 4) is 11.4 Å². The van der Waals surface area contributed by atoms with Gasteiger partial charge >= 0.3 is 0 Å². The van der Waals surface area contributed by atoms with Gasteiger partial charge in [0.25, 0.3) is 5.91 Å². The minimum Gasteiger partial charge on any atom is -0.483 e. The summed E-state index contributed by atoms with van der Waals surface area (Å²) in [6.07, 6.45) is 3.29. The molecular formula is C21H22FN3O2. The number of hydrogen-bond donors (Lipinski definition) is 1. The molecule has 0 aliphatic carbocycles. The van der Waals surface area contributed by atoms with E-state index in [-0.39, 0.29) is 12.5 Å². The summed E-state index contributed by atoms with van der Waals surface area (Å²) in [6.45, 7) is 7.55. The maximum atomic E-state index is 14.4. The van der Waals surface area contributed by atoms with Gasteiger partial charge in [0.15, 0.2) is 6.61 Å². The first kappa shape index (κ1) is 18.6. The SMILES string of the molecule is Cc1cc(C)c(OCC(=O)Nc2ccc(-n3ccnc3C)c(F)c2)c(C)c1. The molecule has 0 spiro atoms. The second kappa shape index (κ2) is 7.61. The van der Waals surface area contributed by atoms with Crippen molar-refractivity contribution < 1.29 is 13.9 Å². The van der Waals surface area contributed by atoms with E-state index in [1.807, 2.05) is 32.9 Å². The molecule has 2 aromatic carbocycles. The fourth-order valence-electron chi connectivity index (χ4n) is 3.14. The molecule has 1 heterocycles. The third-order valence-electron chi connectivity index (χ3n) is 4.27. The Morgan fingerprint density at radius 2 is 1.85 bits per heavy atom. The predicted octanol–water partition coefficient (Wildman–Crippen LogP) is 4.26. The van der Waals surface area contributed by atoms with Crippen molar-refractivity contribution >= 4 is 11.6 Å². The first-order valence-corrected chi connectivity index (χ1v) is 8.65. The maximum Gasteiger partial charge on any atom is 0.262 e. The summed E-state index contributed by atoms with van der Waals surface area (Å²) in [7, 11) is 0. The lowest BCUT2D eigenvalue weighted by Gasteiger charge is -2.13. The van der Waals surface area contributed by atoms with E-state index >= 15 is 0 Å². The van der Waals surface area contributed by atoms with Crippen LogP contribution in [0.1, 0.15) is 22.5 Å². The van der Waals surface area contributed by atoms with E-state index in [2.05, 4.69) is 10.3 Å². The number of amides is 1. The molecule has 0 radical (unpaired) electrons. The number of nitrogens with zero attached hydrogens (tertiary/aromatic N) is 2. The number of anilines is 1. The highest BCUT2D eigenvalue weighted by atomic mass is 19.1. The van der Waals surface area contributed by atoms with E-state index < -0.39 is 5.82 Å². The van der Waals surface area contributed by atoms with Gasteiger partial charge < -0.3 is 14.6 Å². The van der Waals surface area contributed by atoms with Gasteiger partial charge in [-0.05, 0) is 57.0 Å². The number of halogens is 1. The van der Waals surface area contributed by atoms with Crippen LogP contribution in [0.15, 0.2) is 42.7 Å². The summed E-state index contributed by atoms with van der Waals surface area (Å²) in [5.41, 5.74) is 3.86. The van der Waals surface area contributed by atoms with Gasteiger partial charge in [-0.15, -0.1) is 0 Å². The fraction of sp³-hybridized carbons (Fsp3) is 0.238. The topological polar surface area (TPSA) is 56.1 Å². The van der Waals surface area contributed by atoms with Gasteiger partial charge in [-0.25, -0.2) is 9.37 Å². The zero-order valence-corrected chi connectivity index (χ0v) is 15.8. The van der Waals surface area contributed by atoms with Crippen LogP contribution in [0.2, 0.25) is 0 Å². The second-order valence-corrected chi connectivity index (χ2v) is 6.58. The number of rotatable bonds is 5. The van der Waals surface area contributed by atoms with Crippen LogP contribution in [0.3, 0.4) is 0 Å². The Labute approximate surface area is 157 Å². The molecule has 1 aromatic heterocycles. The van der Waals surface area contributed by atoms with E-state index in [0.29, 0.717) is 22.9 Å². The zero-order valence-electron chi connectivity index (χ0n) is 15.8. The van der Waals surface area contributed by atoms with Crippen LogP contribution >= 0.6 is 0 Å². The number of imidazole rings is 1. The molecule has 0 unspecified atom stereocenters. The fourth-order valence-corrected chi connectivity index (χ4v) is 3.14. The summed E-state index contributed by atoms with van der Waals surface area (Å²) in [6, 6.07) is 8.56. The lowest BCUT2D eigenvalue weighted by molar-refractivity contribution is -0.118. The normalized spacial score (nSPS) is 10.7. The molecule has 0 aliphatic rings. The molecule has 0 saturated carbocycles. The van der Waals surface area contributed by atoms with Gasteiger partial charge in [0.05, 0.1) is 5.69 Å². The van der Waals surface area contributed by atoms with E-state index in [0.717, 1.165) is 16.7 Å². The van der Waals surface area contributed by atoms with Gasteiger partial charge in [0, 0.05) is 18.1 Å². The van der Waals surface area contributed by atoms with Crippen molar-refractivity contribution in [2.45, 2.75) is 27.7 Å². The Hall–Kier alpha value is -3.15. The van der Waals surface area contributed by atoms with Crippen LogP contribution < -0.4 is 10.1 Å². The lowest BCUT2D eigenvalue weighted by Crippen LogP contribution is -2.21. The molecule has 6 heteroatoms. The predicted molar refractivity (Wildman–Crippen MR) is 103 cm³/mol. The monoisotopic (exact) mass is 367 g/mol. The number of ether oxygens (including phenoxy) is 1. The van der Waals surface area contributed by atoms with Crippen LogP contribution in [0.4, 0.5) is 10.1 Å². The molecule has 0 saturated heterocycles. The Morgan fingerprint density at radius 3 is 2.44 bits per heavy atom. The van der Waals surface area contributed by atoms with E-state index in [1.54, 1.807) is 36.0 Å². The minimum absolute atomic E-state index is 0.144. The average molecular weight is 367 g/mol. The second-order valence-electron chi connectivity index (χ2n) is 6.58. The van der Waals surface area contributed by atoms with E-state index in [9.17, 15) is 9.18 Å². The van der Waals surface area contributed by atoms with Crippen LogP contribution in [0.5, 0.6) is 5.75 Å². The lowest BCUT2D eigenvalue weighted by atomic mass is 10.1. The number of aromatic nitrogens is 2. The van der Waals surface area contributed by atoms with Crippen molar-refractivity contribution in [1.82, 2.24) is 9.55 Å². The third-order valence-corrected chi connectivity index (χ3v) is 4.27. The van der Waals surface area contributed by atoms with Crippen LogP contribution in [-0.4, -0.2) is 22.1 Å². The van der Waals surface area contributed by atoms with Crippen molar-refractivity contribution in [1.29, 1.82) is 0 Å². The molecule has 140 valence electrons. The molecule has 0 atom stereocenters. The largest absolute Gasteiger partial charge is 0.483 e. The highest BCUT2D eigenvalue weighted by molar-refractivity contribution is 5.92.